The van der Waals surface area contributed by atoms with Crippen LogP contribution in [0, 0.1) is 0 Å². The lowest BCUT2D eigenvalue weighted by atomic mass is 9.71. The molecule has 4 unspecified atom stereocenters. The van der Waals surface area contributed by atoms with Crippen molar-refractivity contribution in [3.05, 3.63) is 87.0 Å². The zero-order valence-corrected chi connectivity index (χ0v) is 28.7. The molecule has 1 amide bonds. The van der Waals surface area contributed by atoms with Crippen LogP contribution in [0.1, 0.15) is 98.6 Å². The number of aliphatic hydroxyl groups is 2. The maximum Gasteiger partial charge on any atom is 0.271 e. The first-order chi connectivity index (χ1) is 23.3. The molecule has 3 aromatic rings. The van der Waals surface area contributed by atoms with Crippen molar-refractivity contribution < 1.29 is 49.0 Å². The average Bonchev–Trinajstić information content (AvgIpc) is 3.09. The van der Waals surface area contributed by atoms with Crippen LogP contribution in [0.5, 0.6) is 17.2 Å². The Bertz CT molecular complexity index is 1870. The fourth-order valence-corrected chi connectivity index (χ4v) is 6.86. The Kier molecular flexibility index (Phi) is 10.4. The number of hydrogen-bond acceptors (Lipinski definition) is 12. The van der Waals surface area contributed by atoms with Crippen LogP contribution in [0.4, 0.5) is 0 Å². The summed E-state index contributed by atoms with van der Waals surface area (Å²) in [6.45, 7) is 5.11. The second-order valence-corrected chi connectivity index (χ2v) is 12.8. The van der Waals surface area contributed by atoms with Crippen molar-refractivity contribution in [2.75, 3.05) is 7.11 Å². The van der Waals surface area contributed by atoms with Gasteiger partial charge in [-0.25, -0.2) is 5.43 Å². The average molecular weight is 710 g/mol. The quantitative estimate of drug-likeness (QED) is 0.0932. The molecule has 1 fully saturated rings. The van der Waals surface area contributed by atoms with Gasteiger partial charge in [-0.05, 0) is 44.0 Å². The lowest BCUT2D eigenvalue weighted by Crippen LogP contribution is -2.52. The number of carbonyl (C=O) groups excluding carboxylic acids is 3. The number of aliphatic hydroxyl groups excluding tert-OH is 1. The Morgan fingerprint density at radius 1 is 1.08 bits per heavy atom. The van der Waals surface area contributed by atoms with E-state index < -0.39 is 76.3 Å². The van der Waals surface area contributed by atoms with E-state index in [1.165, 1.54) is 32.2 Å². The number of ketones is 2. The molecule has 1 aliphatic heterocycles. The Labute approximate surface area is 294 Å². The molecule has 14 heteroatoms. The molecule has 50 heavy (non-hydrogen) atoms. The van der Waals surface area contributed by atoms with Crippen molar-refractivity contribution in [2.45, 2.75) is 82.7 Å². The monoisotopic (exact) mass is 709 g/mol. The van der Waals surface area contributed by atoms with Gasteiger partial charge in [0.15, 0.2) is 12.1 Å². The molecule has 2 aliphatic carbocycles. The summed E-state index contributed by atoms with van der Waals surface area (Å²) < 4.78 is 17.5. The lowest BCUT2D eigenvalue weighted by Gasteiger charge is -2.42. The minimum absolute atomic E-state index is 0. The van der Waals surface area contributed by atoms with Crippen molar-refractivity contribution >= 4 is 35.6 Å². The molecular formula is C36H40ClN3O10. The molecule has 3 aromatic carbocycles. The highest BCUT2D eigenvalue weighted by molar-refractivity contribution is 6.31. The number of hydrogen-bond donors (Lipinski definition) is 6. The number of nitrogens with zero attached hydrogens (tertiary/aromatic N) is 1. The Balaban J connectivity index is 0.00000486. The third-order valence-corrected chi connectivity index (χ3v) is 9.77. The number of nitrogens with two attached hydrogens (primary N) is 1. The summed E-state index contributed by atoms with van der Waals surface area (Å²) in [5.74, 6) is -3.07. The lowest BCUT2D eigenvalue weighted by molar-refractivity contribution is -0.245. The van der Waals surface area contributed by atoms with Gasteiger partial charge in [0.05, 0.1) is 47.8 Å². The van der Waals surface area contributed by atoms with Gasteiger partial charge in [0.2, 0.25) is 5.78 Å². The van der Waals surface area contributed by atoms with E-state index >= 15 is 0 Å². The summed E-state index contributed by atoms with van der Waals surface area (Å²) in [5.41, 5.74) is 7.17. The molecule has 6 atom stereocenters. The van der Waals surface area contributed by atoms with Gasteiger partial charge in [0.25, 0.3) is 5.91 Å². The molecule has 3 aliphatic rings. The number of halogens is 1. The molecule has 0 spiro atoms. The molecule has 1 heterocycles. The molecule has 0 saturated carbocycles. The van der Waals surface area contributed by atoms with E-state index in [4.69, 9.17) is 19.9 Å². The van der Waals surface area contributed by atoms with Gasteiger partial charge in [-0.15, -0.1) is 12.4 Å². The number of fused-ring (bicyclic) bond motifs is 3. The summed E-state index contributed by atoms with van der Waals surface area (Å²) >= 11 is 0. The van der Waals surface area contributed by atoms with E-state index in [0.717, 1.165) is 12.0 Å². The predicted octanol–water partition coefficient (Wildman–Crippen LogP) is 3.23. The van der Waals surface area contributed by atoms with Crippen molar-refractivity contribution in [2.24, 2.45) is 10.8 Å². The molecule has 0 bridgehead atoms. The smallest absolute Gasteiger partial charge is 0.271 e. The van der Waals surface area contributed by atoms with E-state index in [1.54, 1.807) is 19.1 Å². The normalized spacial score (nSPS) is 25.9. The van der Waals surface area contributed by atoms with Gasteiger partial charge < -0.3 is 40.4 Å². The van der Waals surface area contributed by atoms with E-state index in [2.05, 4.69) is 10.5 Å². The Morgan fingerprint density at radius 2 is 1.76 bits per heavy atom. The van der Waals surface area contributed by atoms with Gasteiger partial charge in [0.1, 0.15) is 22.8 Å². The SMILES string of the molecule is CCc1ccc(C(=O)N/N=C(\C)[C@]2(O)Cc3c(O)c4c(c(O)c3[C@@H](OC3CC(N)C(O)C(C)O3)C2)C(=O)c2c(OC)cccc2C4=O)cc1.Cl. The minimum atomic E-state index is -1.89. The number of carbonyl (C=O) groups is 3. The fraction of sp³-hybridized carbons (Fsp3) is 0.389. The number of nitrogens with one attached hydrogen (secondary N) is 1. The number of amides is 1. The van der Waals surface area contributed by atoms with Crippen LogP contribution < -0.4 is 15.9 Å². The number of ether oxygens (including phenoxy) is 3. The van der Waals surface area contributed by atoms with Crippen molar-refractivity contribution in [3.63, 3.8) is 0 Å². The standard InChI is InChI=1S/C36H39N3O10.ClH/c1-5-18-9-11-19(12-10-18)35(45)39-38-17(3)36(46)14-21-27(24(15-36)49-25-13-22(37)30(40)16(2)48-25)34(44)29-28(32(21)42)31(41)20-7-6-8-23(47-4)26(20)33(29)43;/h6-12,16,22,24-25,30,40,42,44,46H,5,13-15,37H2,1-4H3,(H,39,45);1H/b38-17+;/t16?,22?,24-,25?,30?,36-;/m0./s1. The second-order valence-electron chi connectivity index (χ2n) is 12.8. The molecule has 6 rings (SSSR count). The van der Waals surface area contributed by atoms with E-state index in [1.807, 2.05) is 19.1 Å². The largest absolute Gasteiger partial charge is 0.507 e. The first-order valence-corrected chi connectivity index (χ1v) is 16.1. The van der Waals surface area contributed by atoms with E-state index in [0.29, 0.717) is 5.56 Å². The minimum Gasteiger partial charge on any atom is -0.507 e. The number of aromatic hydroxyl groups is 2. The van der Waals surface area contributed by atoms with Gasteiger partial charge in [0, 0.05) is 47.6 Å². The Hall–Kier alpha value is -4.37. The summed E-state index contributed by atoms with van der Waals surface area (Å²) in [7, 11) is 1.35. The molecule has 1 saturated heterocycles. The van der Waals surface area contributed by atoms with E-state index in [9.17, 15) is 34.8 Å². The number of benzene rings is 3. The van der Waals surface area contributed by atoms with E-state index in [-0.39, 0.29) is 65.4 Å². The highest BCUT2D eigenvalue weighted by atomic mass is 35.5. The number of phenolic OH excluding ortho intramolecular Hbond substituents is 2. The van der Waals surface area contributed by atoms with Crippen LogP contribution in [0.3, 0.4) is 0 Å². The maximum atomic E-state index is 13.9. The molecule has 0 radical (unpaired) electrons. The number of aryl methyl sites for hydroxylation is 1. The number of rotatable bonds is 7. The van der Waals surface area contributed by atoms with Crippen LogP contribution in [0.15, 0.2) is 47.6 Å². The van der Waals surface area contributed by atoms with Crippen LogP contribution in [0.25, 0.3) is 0 Å². The second kappa shape index (κ2) is 14.1. The van der Waals surface area contributed by atoms with Crippen LogP contribution in [-0.2, 0) is 22.3 Å². The van der Waals surface area contributed by atoms with Crippen LogP contribution in [0.2, 0.25) is 0 Å². The predicted molar refractivity (Wildman–Crippen MR) is 183 cm³/mol. The number of methoxy groups -OCH3 is 1. The summed E-state index contributed by atoms with van der Waals surface area (Å²) in [6, 6.07) is 10.7. The molecule has 266 valence electrons. The number of phenols is 2. The zero-order chi connectivity index (χ0) is 35.4. The van der Waals surface area contributed by atoms with Crippen molar-refractivity contribution in [1.29, 1.82) is 0 Å². The van der Waals surface area contributed by atoms with Crippen LogP contribution in [-0.4, -0.2) is 80.9 Å². The number of hydrazone groups is 1. The van der Waals surface area contributed by atoms with Gasteiger partial charge >= 0.3 is 0 Å². The molecule has 13 nitrogen and oxygen atoms in total. The fourth-order valence-electron chi connectivity index (χ4n) is 6.86. The van der Waals surface area contributed by atoms with Gasteiger partial charge in [-0.1, -0.05) is 31.2 Å². The molecule has 7 N–H and O–H groups in total. The summed E-state index contributed by atoms with van der Waals surface area (Å²) in [5, 5.41) is 50.2. The third kappa shape index (κ3) is 6.25. The summed E-state index contributed by atoms with van der Waals surface area (Å²) in [4.78, 5) is 40.7. The topological polar surface area (TPSA) is 210 Å². The van der Waals surface area contributed by atoms with Crippen molar-refractivity contribution in [3.8, 4) is 17.2 Å². The zero-order valence-electron chi connectivity index (χ0n) is 27.9. The summed E-state index contributed by atoms with van der Waals surface area (Å²) in [6.07, 6.45) is -3.71. The molecular weight excluding hydrogens is 670 g/mol. The Morgan fingerprint density at radius 3 is 2.40 bits per heavy atom. The first kappa shape index (κ1) is 36.9. The van der Waals surface area contributed by atoms with Gasteiger partial charge in [-0.3, -0.25) is 14.4 Å². The highest BCUT2D eigenvalue weighted by Crippen LogP contribution is 2.52. The van der Waals surface area contributed by atoms with Gasteiger partial charge in [-0.2, -0.15) is 5.10 Å². The van der Waals surface area contributed by atoms with Crippen molar-refractivity contribution in [1.82, 2.24) is 5.43 Å². The molecule has 0 aromatic heterocycles. The first-order valence-electron chi connectivity index (χ1n) is 16.1. The maximum absolute atomic E-state index is 13.9. The highest BCUT2D eigenvalue weighted by Gasteiger charge is 2.49. The third-order valence-electron chi connectivity index (χ3n) is 9.77. The van der Waals surface area contributed by atoms with Crippen LogP contribution >= 0.6 is 12.4 Å².